The van der Waals surface area contributed by atoms with Gasteiger partial charge in [-0.3, -0.25) is 19.2 Å². The standard InChI is InChI=1S/C20H34O7/c1-5-8-11-25-17(22)14-20(16(4)21,19(24)27-13-10-7-3)15-18(23)26-12-9-6-2/h5-15H2,1-4H3. The van der Waals surface area contributed by atoms with Crippen LogP contribution < -0.4 is 0 Å². The number of carbonyl (C=O) groups excluding carboxylic acids is 4. The van der Waals surface area contributed by atoms with Crippen LogP contribution >= 0.6 is 0 Å². The lowest BCUT2D eigenvalue weighted by molar-refractivity contribution is -0.171. The van der Waals surface area contributed by atoms with Gasteiger partial charge in [0.05, 0.1) is 32.7 Å². The minimum Gasteiger partial charge on any atom is -0.466 e. The summed E-state index contributed by atoms with van der Waals surface area (Å²) in [6.07, 6.45) is 3.42. The van der Waals surface area contributed by atoms with E-state index in [-0.39, 0.29) is 19.8 Å². The molecule has 0 fully saturated rings. The molecule has 0 atom stereocenters. The number of hydrogen-bond acceptors (Lipinski definition) is 7. The normalized spacial score (nSPS) is 11.0. The summed E-state index contributed by atoms with van der Waals surface area (Å²) in [7, 11) is 0. The lowest BCUT2D eigenvalue weighted by atomic mass is 9.77. The van der Waals surface area contributed by atoms with Crippen LogP contribution in [0.1, 0.15) is 79.1 Å². The molecule has 0 aliphatic heterocycles. The van der Waals surface area contributed by atoms with Crippen LogP contribution in [0.5, 0.6) is 0 Å². The molecule has 7 nitrogen and oxygen atoms in total. The van der Waals surface area contributed by atoms with E-state index in [1.54, 1.807) is 0 Å². The van der Waals surface area contributed by atoms with Crippen molar-refractivity contribution in [3.8, 4) is 0 Å². The molecule has 0 aliphatic carbocycles. The zero-order valence-corrected chi connectivity index (χ0v) is 17.1. The maximum absolute atomic E-state index is 12.7. The zero-order valence-electron chi connectivity index (χ0n) is 17.1. The number of ketones is 1. The molecule has 0 aromatic heterocycles. The molecule has 0 amide bonds. The second kappa shape index (κ2) is 14.2. The third kappa shape index (κ3) is 9.54. The van der Waals surface area contributed by atoms with Gasteiger partial charge in [0.15, 0.2) is 0 Å². The van der Waals surface area contributed by atoms with Gasteiger partial charge in [-0.2, -0.15) is 0 Å². The summed E-state index contributed by atoms with van der Waals surface area (Å²) in [4.78, 5) is 49.4. The molecule has 0 unspecified atom stereocenters. The van der Waals surface area contributed by atoms with Crippen molar-refractivity contribution in [1.29, 1.82) is 0 Å². The van der Waals surface area contributed by atoms with Gasteiger partial charge in [0.1, 0.15) is 11.2 Å². The highest BCUT2D eigenvalue weighted by Crippen LogP contribution is 2.31. The Morgan fingerprint density at radius 1 is 0.667 bits per heavy atom. The number of esters is 3. The second-order valence-electron chi connectivity index (χ2n) is 6.63. The van der Waals surface area contributed by atoms with Gasteiger partial charge in [-0.15, -0.1) is 0 Å². The van der Waals surface area contributed by atoms with Crippen LogP contribution in [0.25, 0.3) is 0 Å². The molecule has 0 spiro atoms. The van der Waals surface area contributed by atoms with Crippen molar-refractivity contribution >= 4 is 23.7 Å². The third-order valence-electron chi connectivity index (χ3n) is 4.21. The van der Waals surface area contributed by atoms with Gasteiger partial charge in [0.2, 0.25) is 0 Å². The van der Waals surface area contributed by atoms with E-state index < -0.39 is 41.9 Å². The Bertz CT molecular complexity index is 461. The molecule has 0 rings (SSSR count). The second-order valence-corrected chi connectivity index (χ2v) is 6.63. The summed E-state index contributed by atoms with van der Waals surface area (Å²) < 4.78 is 15.4. The molecule has 0 saturated carbocycles. The van der Waals surface area contributed by atoms with E-state index in [0.717, 1.165) is 19.3 Å². The predicted molar refractivity (Wildman–Crippen MR) is 99.9 cm³/mol. The van der Waals surface area contributed by atoms with Gasteiger partial charge in [-0.25, -0.2) is 0 Å². The van der Waals surface area contributed by atoms with Crippen molar-refractivity contribution in [3.05, 3.63) is 0 Å². The van der Waals surface area contributed by atoms with Gasteiger partial charge in [0, 0.05) is 0 Å². The molecule has 7 heteroatoms. The highest BCUT2D eigenvalue weighted by molar-refractivity contribution is 6.07. The average molecular weight is 386 g/mol. The molecule has 0 aromatic rings. The van der Waals surface area contributed by atoms with Crippen LogP contribution in [-0.2, 0) is 33.4 Å². The van der Waals surface area contributed by atoms with Crippen LogP contribution in [0.4, 0.5) is 0 Å². The first kappa shape index (κ1) is 25.1. The van der Waals surface area contributed by atoms with E-state index in [1.807, 2.05) is 20.8 Å². The van der Waals surface area contributed by atoms with E-state index >= 15 is 0 Å². The summed E-state index contributed by atoms with van der Waals surface area (Å²) in [5.41, 5.74) is -1.90. The number of rotatable bonds is 15. The van der Waals surface area contributed by atoms with Gasteiger partial charge in [0.25, 0.3) is 0 Å². The Labute approximate surface area is 162 Å². The highest BCUT2D eigenvalue weighted by atomic mass is 16.5. The Morgan fingerprint density at radius 3 is 1.37 bits per heavy atom. The summed E-state index contributed by atoms with van der Waals surface area (Å²) in [6.45, 7) is 7.54. The highest BCUT2D eigenvalue weighted by Gasteiger charge is 2.49. The van der Waals surface area contributed by atoms with Gasteiger partial charge in [-0.05, 0) is 26.2 Å². The number of carbonyl (C=O) groups is 4. The summed E-state index contributed by atoms with van der Waals surface area (Å²) >= 11 is 0. The Kier molecular flexibility index (Phi) is 13.2. The van der Waals surface area contributed by atoms with E-state index in [4.69, 9.17) is 14.2 Å². The van der Waals surface area contributed by atoms with Gasteiger partial charge in [-0.1, -0.05) is 40.0 Å². The van der Waals surface area contributed by atoms with E-state index in [2.05, 4.69) is 0 Å². The van der Waals surface area contributed by atoms with E-state index in [1.165, 1.54) is 6.92 Å². The number of ether oxygens (including phenoxy) is 3. The van der Waals surface area contributed by atoms with Gasteiger partial charge >= 0.3 is 17.9 Å². The maximum atomic E-state index is 12.7. The lowest BCUT2D eigenvalue weighted by Crippen LogP contribution is -2.44. The van der Waals surface area contributed by atoms with Crippen molar-refractivity contribution < 1.29 is 33.4 Å². The summed E-state index contributed by atoms with van der Waals surface area (Å²) in [6, 6.07) is 0. The fourth-order valence-corrected chi connectivity index (χ4v) is 2.30. The number of unbranched alkanes of at least 4 members (excludes halogenated alkanes) is 3. The quantitative estimate of drug-likeness (QED) is 0.184. The van der Waals surface area contributed by atoms with Crippen molar-refractivity contribution in [3.63, 3.8) is 0 Å². The van der Waals surface area contributed by atoms with Crippen molar-refractivity contribution in [1.82, 2.24) is 0 Å². The molecule has 0 N–H and O–H groups in total. The SMILES string of the molecule is CCCCOC(=O)CC(CC(=O)OCCCC)(C(C)=O)C(=O)OCCCC. The fourth-order valence-electron chi connectivity index (χ4n) is 2.30. The summed E-state index contributed by atoms with van der Waals surface area (Å²) in [5, 5.41) is 0. The zero-order chi connectivity index (χ0) is 20.7. The van der Waals surface area contributed by atoms with Crippen LogP contribution in [0, 0.1) is 5.41 Å². The maximum Gasteiger partial charge on any atom is 0.320 e. The molecule has 0 heterocycles. The lowest BCUT2D eigenvalue weighted by Gasteiger charge is -2.27. The largest absolute Gasteiger partial charge is 0.466 e. The molecular weight excluding hydrogens is 352 g/mol. The van der Waals surface area contributed by atoms with Crippen LogP contribution in [0.2, 0.25) is 0 Å². The first-order chi connectivity index (χ1) is 12.8. The Hall–Kier alpha value is -1.92. The molecular formula is C20H34O7. The average Bonchev–Trinajstić information content (AvgIpc) is 2.61. The first-order valence-electron chi connectivity index (χ1n) is 9.83. The smallest absolute Gasteiger partial charge is 0.320 e. The topological polar surface area (TPSA) is 96.0 Å². The number of hydrogen-bond donors (Lipinski definition) is 0. The third-order valence-corrected chi connectivity index (χ3v) is 4.21. The van der Waals surface area contributed by atoms with E-state index in [0.29, 0.717) is 19.3 Å². The van der Waals surface area contributed by atoms with Crippen LogP contribution in [0.15, 0.2) is 0 Å². The fraction of sp³-hybridized carbons (Fsp3) is 0.800. The summed E-state index contributed by atoms with van der Waals surface area (Å²) in [5.74, 6) is -2.88. The Balaban J connectivity index is 5.31. The molecule has 156 valence electrons. The van der Waals surface area contributed by atoms with Crippen molar-refractivity contribution in [2.75, 3.05) is 19.8 Å². The van der Waals surface area contributed by atoms with E-state index in [9.17, 15) is 19.2 Å². The molecule has 27 heavy (non-hydrogen) atoms. The van der Waals surface area contributed by atoms with Crippen molar-refractivity contribution in [2.45, 2.75) is 79.1 Å². The van der Waals surface area contributed by atoms with Crippen molar-refractivity contribution in [2.24, 2.45) is 5.41 Å². The first-order valence-corrected chi connectivity index (χ1v) is 9.83. The monoisotopic (exact) mass is 386 g/mol. The van der Waals surface area contributed by atoms with Crippen LogP contribution in [-0.4, -0.2) is 43.5 Å². The van der Waals surface area contributed by atoms with Gasteiger partial charge < -0.3 is 14.2 Å². The molecule has 0 radical (unpaired) electrons. The predicted octanol–water partition coefficient (Wildman–Crippen LogP) is 3.37. The Morgan fingerprint density at radius 2 is 1.04 bits per heavy atom. The molecule has 0 saturated heterocycles. The van der Waals surface area contributed by atoms with Crippen LogP contribution in [0.3, 0.4) is 0 Å². The number of Topliss-reactive ketones (excluding diaryl/α,β-unsaturated/α-hetero) is 1. The minimum absolute atomic E-state index is 0.125. The molecule has 0 aromatic carbocycles. The molecule has 0 aliphatic rings. The minimum atomic E-state index is -1.90. The molecule has 0 bridgehead atoms.